The van der Waals surface area contributed by atoms with E-state index in [1.807, 2.05) is 0 Å². The highest BCUT2D eigenvalue weighted by molar-refractivity contribution is 6.29. The summed E-state index contributed by atoms with van der Waals surface area (Å²) in [4.78, 5) is 16.4. The summed E-state index contributed by atoms with van der Waals surface area (Å²) in [6.45, 7) is 3.38. The smallest absolute Gasteiger partial charge is 0.251 e. The van der Waals surface area contributed by atoms with Crippen LogP contribution in [0.2, 0.25) is 5.15 Å². The van der Waals surface area contributed by atoms with Crippen molar-refractivity contribution < 1.29 is 9.53 Å². The number of pyridine rings is 1. The number of methoxy groups -OCH3 is 1. The van der Waals surface area contributed by atoms with Crippen molar-refractivity contribution in [2.75, 3.05) is 25.5 Å². The number of aromatic nitrogens is 1. The van der Waals surface area contributed by atoms with E-state index in [2.05, 4.69) is 22.5 Å². The summed E-state index contributed by atoms with van der Waals surface area (Å²) in [6, 6.07) is 3.30. The zero-order valence-electron chi connectivity index (χ0n) is 12.5. The lowest BCUT2D eigenvalue weighted by Crippen LogP contribution is -2.49. The number of nitrogens with one attached hydrogen (secondary N) is 2. The van der Waals surface area contributed by atoms with Crippen LogP contribution in [-0.4, -0.2) is 36.7 Å². The van der Waals surface area contributed by atoms with Crippen LogP contribution in [0.1, 0.15) is 43.0 Å². The molecule has 116 valence electrons. The number of halogens is 1. The van der Waals surface area contributed by atoms with Gasteiger partial charge in [0.25, 0.3) is 5.91 Å². The van der Waals surface area contributed by atoms with E-state index in [-0.39, 0.29) is 11.5 Å². The molecule has 0 unspecified atom stereocenters. The summed E-state index contributed by atoms with van der Waals surface area (Å²) in [5.41, 5.74) is 0.328. The first-order valence-electron chi connectivity index (χ1n) is 7.33. The Labute approximate surface area is 130 Å². The fourth-order valence-corrected chi connectivity index (χ4v) is 2.55. The summed E-state index contributed by atoms with van der Waals surface area (Å²) in [5, 5.41) is 6.37. The predicted molar refractivity (Wildman–Crippen MR) is 84.0 cm³/mol. The van der Waals surface area contributed by atoms with Gasteiger partial charge in [-0.3, -0.25) is 4.79 Å². The predicted octanol–water partition coefficient (Wildman–Crippen LogP) is 2.86. The molecule has 1 heterocycles. The van der Waals surface area contributed by atoms with Gasteiger partial charge in [-0.25, -0.2) is 4.98 Å². The molecular weight excluding hydrogens is 290 g/mol. The average Bonchev–Trinajstić information content (AvgIpc) is 2.43. The Morgan fingerprint density at radius 3 is 2.81 bits per heavy atom. The second-order valence-corrected chi connectivity index (χ2v) is 5.80. The van der Waals surface area contributed by atoms with Crippen LogP contribution in [0, 0.1) is 0 Å². The molecule has 2 N–H and O–H groups in total. The third-order valence-corrected chi connectivity index (χ3v) is 4.07. The molecular formula is C15H22ClN3O2. The van der Waals surface area contributed by atoms with Crippen molar-refractivity contribution >= 4 is 23.3 Å². The number of hydrogen-bond acceptors (Lipinski definition) is 4. The van der Waals surface area contributed by atoms with E-state index in [9.17, 15) is 4.79 Å². The number of rotatable bonds is 7. The van der Waals surface area contributed by atoms with Gasteiger partial charge in [-0.1, -0.05) is 18.5 Å². The molecule has 1 amide bonds. The number of anilines is 1. The monoisotopic (exact) mass is 311 g/mol. The first-order valence-corrected chi connectivity index (χ1v) is 7.71. The van der Waals surface area contributed by atoms with Gasteiger partial charge in [-0.2, -0.15) is 0 Å². The maximum Gasteiger partial charge on any atom is 0.251 e. The number of carbonyl (C=O) groups excluding carboxylic acids is 1. The molecule has 0 aromatic carbocycles. The van der Waals surface area contributed by atoms with Gasteiger partial charge in [-0.05, 0) is 37.8 Å². The van der Waals surface area contributed by atoms with Gasteiger partial charge in [0.2, 0.25) is 0 Å². The molecule has 6 heteroatoms. The molecule has 0 bridgehead atoms. The number of carbonyl (C=O) groups is 1. The zero-order chi connectivity index (χ0) is 15.3. The van der Waals surface area contributed by atoms with Crippen molar-refractivity contribution in [3.8, 4) is 0 Å². The summed E-state index contributed by atoms with van der Waals surface area (Å²) < 4.78 is 5.50. The Kier molecular flexibility index (Phi) is 5.42. The van der Waals surface area contributed by atoms with Crippen LogP contribution < -0.4 is 10.6 Å². The van der Waals surface area contributed by atoms with Gasteiger partial charge < -0.3 is 15.4 Å². The van der Waals surface area contributed by atoms with Crippen molar-refractivity contribution in [1.29, 1.82) is 0 Å². The van der Waals surface area contributed by atoms with Gasteiger partial charge in [0.1, 0.15) is 11.0 Å². The molecule has 1 fully saturated rings. The van der Waals surface area contributed by atoms with E-state index in [4.69, 9.17) is 16.3 Å². The standard InChI is InChI=1S/C15H22ClN3O2/c1-3-7-17-13-9-11(8-12(16)19-13)14(20)18-10-15(21-2)5-4-6-15/h8-9H,3-7,10H2,1-2H3,(H,17,19)(H,18,20). The van der Waals surface area contributed by atoms with Gasteiger partial charge in [0, 0.05) is 25.8 Å². The number of amides is 1. The summed E-state index contributed by atoms with van der Waals surface area (Å²) in [5.74, 6) is 0.474. The van der Waals surface area contributed by atoms with E-state index in [1.54, 1.807) is 19.2 Å². The molecule has 1 aliphatic rings. The molecule has 5 nitrogen and oxygen atoms in total. The highest BCUT2D eigenvalue weighted by atomic mass is 35.5. The second-order valence-electron chi connectivity index (χ2n) is 5.41. The maximum atomic E-state index is 12.2. The van der Waals surface area contributed by atoms with E-state index >= 15 is 0 Å². The van der Waals surface area contributed by atoms with E-state index in [0.717, 1.165) is 32.2 Å². The first-order chi connectivity index (χ1) is 10.1. The van der Waals surface area contributed by atoms with Crippen LogP contribution >= 0.6 is 11.6 Å². The molecule has 0 radical (unpaired) electrons. The van der Waals surface area contributed by atoms with Crippen LogP contribution in [0.15, 0.2) is 12.1 Å². The van der Waals surface area contributed by atoms with Crippen molar-refractivity contribution in [3.05, 3.63) is 22.8 Å². The van der Waals surface area contributed by atoms with Crippen LogP contribution in [0.3, 0.4) is 0 Å². The average molecular weight is 312 g/mol. The fraction of sp³-hybridized carbons (Fsp3) is 0.600. The lowest BCUT2D eigenvalue weighted by Gasteiger charge is -2.40. The largest absolute Gasteiger partial charge is 0.376 e. The third kappa shape index (κ3) is 4.08. The van der Waals surface area contributed by atoms with Crippen molar-refractivity contribution in [1.82, 2.24) is 10.3 Å². The Hall–Kier alpha value is -1.33. The van der Waals surface area contributed by atoms with Crippen LogP contribution in [-0.2, 0) is 4.74 Å². The molecule has 21 heavy (non-hydrogen) atoms. The zero-order valence-corrected chi connectivity index (χ0v) is 13.3. The van der Waals surface area contributed by atoms with Crippen LogP contribution in [0.25, 0.3) is 0 Å². The molecule has 1 aromatic heterocycles. The second kappa shape index (κ2) is 7.09. The number of hydrogen-bond donors (Lipinski definition) is 2. The summed E-state index contributed by atoms with van der Waals surface area (Å²) in [6.07, 6.45) is 4.11. The van der Waals surface area contributed by atoms with Crippen LogP contribution in [0.5, 0.6) is 0 Å². The van der Waals surface area contributed by atoms with Gasteiger partial charge in [0.15, 0.2) is 0 Å². The van der Waals surface area contributed by atoms with Gasteiger partial charge in [-0.15, -0.1) is 0 Å². The first kappa shape index (κ1) is 16.0. The summed E-state index contributed by atoms with van der Waals surface area (Å²) in [7, 11) is 1.70. The number of nitrogens with zero attached hydrogens (tertiary/aromatic N) is 1. The lowest BCUT2D eigenvalue weighted by molar-refractivity contribution is -0.0679. The minimum atomic E-state index is -0.185. The highest BCUT2D eigenvalue weighted by Gasteiger charge is 2.37. The topological polar surface area (TPSA) is 63.2 Å². The van der Waals surface area contributed by atoms with Crippen molar-refractivity contribution in [2.24, 2.45) is 0 Å². The SMILES string of the molecule is CCCNc1cc(C(=O)NCC2(OC)CCC2)cc(Cl)n1. The lowest BCUT2D eigenvalue weighted by atomic mass is 9.80. The molecule has 0 aliphatic heterocycles. The van der Waals surface area contributed by atoms with E-state index in [0.29, 0.717) is 23.1 Å². The van der Waals surface area contributed by atoms with E-state index in [1.165, 1.54) is 0 Å². The molecule has 0 saturated heterocycles. The van der Waals surface area contributed by atoms with Crippen molar-refractivity contribution in [2.45, 2.75) is 38.2 Å². The third-order valence-electron chi connectivity index (χ3n) is 3.88. The molecule has 1 saturated carbocycles. The molecule has 0 atom stereocenters. The Bertz CT molecular complexity index is 498. The van der Waals surface area contributed by atoms with Crippen LogP contribution in [0.4, 0.5) is 5.82 Å². The molecule has 1 aromatic rings. The quantitative estimate of drug-likeness (QED) is 0.760. The minimum Gasteiger partial charge on any atom is -0.376 e. The Morgan fingerprint density at radius 1 is 1.48 bits per heavy atom. The van der Waals surface area contributed by atoms with Crippen molar-refractivity contribution in [3.63, 3.8) is 0 Å². The highest BCUT2D eigenvalue weighted by Crippen LogP contribution is 2.34. The fourth-order valence-electron chi connectivity index (χ4n) is 2.34. The Morgan fingerprint density at radius 2 is 2.24 bits per heavy atom. The summed E-state index contributed by atoms with van der Waals surface area (Å²) >= 11 is 5.97. The minimum absolute atomic E-state index is 0.151. The Balaban J connectivity index is 1.99. The molecule has 2 rings (SSSR count). The molecule has 0 spiro atoms. The van der Waals surface area contributed by atoms with E-state index < -0.39 is 0 Å². The van der Waals surface area contributed by atoms with Gasteiger partial charge in [0.05, 0.1) is 5.60 Å². The normalized spacial score (nSPS) is 16.1. The molecule has 1 aliphatic carbocycles. The maximum absolute atomic E-state index is 12.2. The van der Waals surface area contributed by atoms with Gasteiger partial charge >= 0.3 is 0 Å². The number of ether oxygens (including phenoxy) is 1.